The highest BCUT2D eigenvalue weighted by molar-refractivity contribution is 14.2. The molecule has 0 aromatic heterocycles. The van der Waals surface area contributed by atoms with Crippen LogP contribution in [0.25, 0.3) is 0 Å². The van der Waals surface area contributed by atoms with E-state index in [1.165, 1.54) is 9.32 Å². The van der Waals surface area contributed by atoms with Crippen molar-refractivity contribution in [2.24, 2.45) is 3.95 Å². The number of nitrogens with two attached hydrogens (primary N) is 1. The number of carbonyl (C=O) groups excluding carboxylic acids is 1. The van der Waals surface area contributed by atoms with Crippen LogP contribution in [0.3, 0.4) is 0 Å². The normalized spacial score (nSPS) is 17.1. The third kappa shape index (κ3) is 5.26. The van der Waals surface area contributed by atoms with E-state index in [1.54, 1.807) is 13.2 Å². The van der Waals surface area contributed by atoms with E-state index < -0.39 is 21.0 Å². The van der Waals surface area contributed by atoms with Gasteiger partial charge in [0.1, 0.15) is 9.51 Å². The van der Waals surface area contributed by atoms with E-state index in [4.69, 9.17) is 8.68 Å². The van der Waals surface area contributed by atoms with Gasteiger partial charge in [0, 0.05) is 25.0 Å². The van der Waals surface area contributed by atoms with Crippen molar-refractivity contribution < 1.29 is 9.53 Å². The molecule has 0 unspecified atom stereocenters. The summed E-state index contributed by atoms with van der Waals surface area (Å²) in [5, 5.41) is 6.62. The van der Waals surface area contributed by atoms with Gasteiger partial charge in [0.25, 0.3) is 5.91 Å². The SMILES string of the molecule is CCN/C(=I\N)N1CCC(CNC(=O)c2ccccc2OC)(c2ccccc2)CC1. The Kier molecular flexibility index (Phi) is 8.38. The molecule has 0 atom stereocenters. The third-order valence-electron chi connectivity index (χ3n) is 5.75. The topological polar surface area (TPSA) is 79.6 Å². The van der Waals surface area contributed by atoms with Gasteiger partial charge in [-0.3, -0.25) is 19.0 Å². The highest BCUT2D eigenvalue weighted by Crippen LogP contribution is 2.35. The molecule has 3 rings (SSSR count). The number of nitrogens with zero attached hydrogens (tertiary/aromatic N) is 1. The molecule has 6 nitrogen and oxygen atoms in total. The molecule has 0 radical (unpaired) electrons. The first-order valence-electron chi connectivity index (χ1n) is 10.3. The molecule has 162 valence electrons. The molecule has 1 heterocycles. The summed E-state index contributed by atoms with van der Waals surface area (Å²) >= 11 is -0.484. The van der Waals surface area contributed by atoms with Crippen molar-refractivity contribution >= 4 is 30.7 Å². The minimum Gasteiger partial charge on any atom is -0.496 e. The van der Waals surface area contributed by atoms with Crippen LogP contribution >= 0.6 is 21.0 Å². The Bertz CT molecular complexity index is 865. The molecule has 1 aliphatic heterocycles. The standard InChI is InChI=1S/C23H31IN4O2/c1-3-26-22(24-25)28-15-13-23(14-16-28,18-9-5-4-6-10-18)17-27-21(29)19-11-7-8-12-20(19)30-2/h4-12,26H,3,13-17,25H2,1-2H3,(H,27,29). The maximum atomic E-state index is 12.9. The van der Waals surface area contributed by atoms with E-state index in [0.717, 1.165) is 32.5 Å². The molecule has 2 aromatic carbocycles. The Morgan fingerprint density at radius 3 is 2.40 bits per heavy atom. The van der Waals surface area contributed by atoms with E-state index in [1.807, 2.05) is 24.3 Å². The number of ether oxygens (including phenoxy) is 1. The number of hydrogen-bond acceptors (Lipinski definition) is 5. The van der Waals surface area contributed by atoms with Gasteiger partial charge in [-0.25, -0.2) is 0 Å². The van der Waals surface area contributed by atoms with E-state index in [9.17, 15) is 4.79 Å². The fourth-order valence-electron chi connectivity index (χ4n) is 4.03. The van der Waals surface area contributed by atoms with Gasteiger partial charge in [-0.1, -0.05) is 49.4 Å². The molecule has 2 aromatic rings. The monoisotopic (exact) mass is 522 g/mol. The van der Waals surface area contributed by atoms with Crippen LogP contribution < -0.4 is 19.3 Å². The first-order valence-corrected chi connectivity index (χ1v) is 12.6. The molecule has 1 saturated heterocycles. The summed E-state index contributed by atoms with van der Waals surface area (Å²) in [5.74, 6) is 0.494. The Balaban J connectivity index is 1.77. The maximum Gasteiger partial charge on any atom is 0.255 e. The van der Waals surface area contributed by atoms with Crippen LogP contribution in [0.2, 0.25) is 0 Å². The van der Waals surface area contributed by atoms with Crippen LogP contribution in [0, 0.1) is 0 Å². The highest BCUT2D eigenvalue weighted by atomic mass is 127. The molecule has 1 aliphatic rings. The lowest BCUT2D eigenvalue weighted by Crippen LogP contribution is -2.52. The minimum atomic E-state index is -0.484. The van der Waals surface area contributed by atoms with Crippen LogP contribution in [0.1, 0.15) is 35.7 Å². The largest absolute Gasteiger partial charge is 0.496 e. The van der Waals surface area contributed by atoms with Crippen LogP contribution in [0.4, 0.5) is 0 Å². The van der Waals surface area contributed by atoms with Crippen molar-refractivity contribution in [3.63, 3.8) is 0 Å². The zero-order chi connectivity index (χ0) is 21.4. The molecule has 30 heavy (non-hydrogen) atoms. The summed E-state index contributed by atoms with van der Waals surface area (Å²) in [7, 11) is 1.59. The molecule has 0 bridgehead atoms. The average molecular weight is 522 g/mol. The van der Waals surface area contributed by atoms with Gasteiger partial charge in [-0.2, -0.15) is 0 Å². The second kappa shape index (κ2) is 11.0. The molecular formula is C23H31IN4O2. The van der Waals surface area contributed by atoms with Gasteiger partial charge in [0.05, 0.1) is 12.7 Å². The van der Waals surface area contributed by atoms with Gasteiger partial charge in [0.2, 0.25) is 0 Å². The second-order valence-electron chi connectivity index (χ2n) is 7.45. The highest BCUT2D eigenvalue weighted by Gasteiger charge is 2.37. The average Bonchev–Trinajstić information content (AvgIpc) is 2.82. The summed E-state index contributed by atoms with van der Waals surface area (Å²) < 4.78 is 12.6. The number of benzene rings is 2. The first kappa shape index (κ1) is 22.9. The molecule has 0 aliphatic carbocycles. The van der Waals surface area contributed by atoms with Gasteiger partial charge in [-0.15, -0.1) is 0 Å². The summed E-state index contributed by atoms with van der Waals surface area (Å²) in [6.07, 6.45) is 1.92. The van der Waals surface area contributed by atoms with Crippen molar-refractivity contribution in [1.82, 2.24) is 15.5 Å². The molecular weight excluding hydrogens is 491 g/mol. The fourth-order valence-corrected chi connectivity index (χ4v) is 5.51. The van der Waals surface area contributed by atoms with E-state index >= 15 is 0 Å². The number of hydrogen-bond donors (Lipinski definition) is 3. The smallest absolute Gasteiger partial charge is 0.255 e. The Morgan fingerprint density at radius 2 is 1.77 bits per heavy atom. The maximum absolute atomic E-state index is 12.9. The van der Waals surface area contributed by atoms with Crippen LogP contribution in [0.5, 0.6) is 5.75 Å². The zero-order valence-corrected chi connectivity index (χ0v) is 19.8. The number of para-hydroxylation sites is 1. The fraction of sp³-hybridized carbons (Fsp3) is 0.391. The Morgan fingerprint density at radius 1 is 1.10 bits per heavy atom. The number of carbonyl (C=O) groups is 1. The van der Waals surface area contributed by atoms with Crippen molar-refractivity contribution in [3.05, 3.63) is 65.7 Å². The summed E-state index contributed by atoms with van der Waals surface area (Å²) in [5.41, 5.74) is 1.74. The summed E-state index contributed by atoms with van der Waals surface area (Å²) in [6, 6.07) is 17.9. The summed E-state index contributed by atoms with van der Waals surface area (Å²) in [6.45, 7) is 5.44. The molecule has 0 spiro atoms. The number of methoxy groups -OCH3 is 1. The lowest BCUT2D eigenvalue weighted by molar-refractivity contribution is 0.0929. The third-order valence-corrected chi connectivity index (χ3v) is 7.40. The van der Waals surface area contributed by atoms with Gasteiger partial charge < -0.3 is 10.1 Å². The molecule has 1 fully saturated rings. The Labute approximate surface area is 189 Å². The van der Waals surface area contributed by atoms with Crippen LogP contribution in [0.15, 0.2) is 54.6 Å². The predicted octanol–water partition coefficient (Wildman–Crippen LogP) is 3.00. The Hall–Kier alpha value is -1.81. The molecule has 4 N–H and O–H groups in total. The molecule has 7 heteroatoms. The van der Waals surface area contributed by atoms with Crippen molar-refractivity contribution in [2.45, 2.75) is 25.2 Å². The number of likely N-dealkylation sites (tertiary alicyclic amines) is 1. The van der Waals surface area contributed by atoms with Crippen LogP contribution in [-0.4, -0.2) is 47.9 Å². The summed E-state index contributed by atoms with van der Waals surface area (Å²) in [4.78, 5) is 15.3. The number of rotatable bonds is 8. The number of amides is 1. The van der Waals surface area contributed by atoms with Gasteiger partial charge in [-0.05, 0) is 58.1 Å². The second-order valence-corrected chi connectivity index (χ2v) is 9.09. The van der Waals surface area contributed by atoms with E-state index in [-0.39, 0.29) is 11.3 Å². The molecule has 0 saturated carbocycles. The predicted molar refractivity (Wildman–Crippen MR) is 131 cm³/mol. The lowest BCUT2D eigenvalue weighted by atomic mass is 9.72. The number of halogens is 1. The van der Waals surface area contributed by atoms with Gasteiger partial charge >= 0.3 is 0 Å². The van der Waals surface area contributed by atoms with Crippen molar-refractivity contribution in [1.29, 1.82) is 0 Å². The molecule has 1 amide bonds. The van der Waals surface area contributed by atoms with E-state index in [2.05, 4.69) is 46.7 Å². The lowest BCUT2D eigenvalue weighted by Gasteiger charge is -2.42. The quantitative estimate of drug-likeness (QED) is 0.367. The van der Waals surface area contributed by atoms with Crippen LogP contribution in [-0.2, 0) is 5.41 Å². The zero-order valence-electron chi connectivity index (χ0n) is 17.7. The van der Waals surface area contributed by atoms with Crippen molar-refractivity contribution in [3.8, 4) is 5.75 Å². The minimum absolute atomic E-state index is 0.0975. The van der Waals surface area contributed by atoms with Gasteiger partial charge in [0.15, 0.2) is 0 Å². The number of nitrogens with one attached hydrogen (secondary N) is 2. The van der Waals surface area contributed by atoms with E-state index in [0.29, 0.717) is 17.9 Å². The number of piperidine rings is 1. The van der Waals surface area contributed by atoms with Crippen molar-refractivity contribution in [2.75, 3.05) is 33.3 Å². The first-order chi connectivity index (χ1) is 14.6.